The van der Waals surface area contributed by atoms with Crippen LogP contribution in [0.15, 0.2) is 84.9 Å². The van der Waals surface area contributed by atoms with Crippen LogP contribution in [-0.2, 0) is 20.8 Å². The molecule has 0 aliphatic heterocycles. The molecule has 0 saturated heterocycles. The Kier molecular flexibility index (Phi) is 8.30. The van der Waals surface area contributed by atoms with Gasteiger partial charge in [0.05, 0.1) is 30.1 Å². The highest BCUT2D eigenvalue weighted by molar-refractivity contribution is 5.81. The number of hydrogen-bond donors (Lipinski definition) is 1. The summed E-state index contributed by atoms with van der Waals surface area (Å²) in [4.78, 5) is 30.0. The molecule has 190 valence electrons. The van der Waals surface area contributed by atoms with Crippen molar-refractivity contribution in [1.29, 1.82) is 0 Å². The monoisotopic (exact) mass is 501 g/mol. The molecule has 7 nitrogen and oxygen atoms in total. The highest BCUT2D eigenvalue weighted by atomic mass is 19.1. The van der Waals surface area contributed by atoms with E-state index >= 15 is 0 Å². The number of carbonyl (C=O) groups is 2. The van der Waals surface area contributed by atoms with Gasteiger partial charge >= 0.3 is 5.97 Å². The topological polar surface area (TPSA) is 82.5 Å². The molecule has 4 rings (SSSR count). The van der Waals surface area contributed by atoms with Gasteiger partial charge in [0.15, 0.2) is 0 Å². The van der Waals surface area contributed by atoms with Crippen LogP contribution < -0.4 is 10.2 Å². The molecule has 1 amide bonds. The number of benzene rings is 3. The molecular weight excluding hydrogens is 473 g/mol. The Hall–Kier alpha value is -4.46. The van der Waals surface area contributed by atoms with E-state index in [1.807, 2.05) is 67.6 Å². The first-order chi connectivity index (χ1) is 18.0. The third-order valence-corrected chi connectivity index (χ3v) is 5.99. The van der Waals surface area contributed by atoms with E-state index in [1.165, 1.54) is 12.1 Å². The summed E-state index contributed by atoms with van der Waals surface area (Å²) in [7, 11) is 1.59. The van der Waals surface area contributed by atoms with Crippen LogP contribution in [0, 0.1) is 5.82 Å². The van der Waals surface area contributed by atoms with Crippen LogP contribution in [0.25, 0.3) is 16.9 Å². The predicted molar refractivity (Wildman–Crippen MR) is 138 cm³/mol. The van der Waals surface area contributed by atoms with Crippen LogP contribution in [0.3, 0.4) is 0 Å². The smallest absolute Gasteiger partial charge is 0.339 e. The SMILES string of the molecule is CC[C@@H](C(=O)ONC(=O)CCc1cc(-c2ccc(F)cc2)n(-c2ccc(OC)cc2)n1)c1ccccc1. The van der Waals surface area contributed by atoms with Crippen molar-refractivity contribution in [2.45, 2.75) is 32.1 Å². The first-order valence-electron chi connectivity index (χ1n) is 12.0. The number of carbonyl (C=O) groups excluding carboxylic acids is 2. The quantitative estimate of drug-likeness (QED) is 0.311. The molecule has 1 N–H and O–H groups in total. The molecule has 8 heteroatoms. The van der Waals surface area contributed by atoms with Gasteiger partial charge in [-0.25, -0.2) is 13.9 Å². The molecule has 1 heterocycles. The number of nitrogens with zero attached hydrogens (tertiary/aromatic N) is 2. The lowest BCUT2D eigenvalue weighted by atomic mass is 9.97. The van der Waals surface area contributed by atoms with E-state index < -0.39 is 17.8 Å². The summed E-state index contributed by atoms with van der Waals surface area (Å²) in [5.41, 5.74) is 6.07. The van der Waals surface area contributed by atoms with E-state index in [-0.39, 0.29) is 12.2 Å². The highest BCUT2D eigenvalue weighted by Crippen LogP contribution is 2.26. The van der Waals surface area contributed by atoms with Crippen LogP contribution >= 0.6 is 0 Å². The molecule has 0 fully saturated rings. The number of hydrogen-bond acceptors (Lipinski definition) is 5. The van der Waals surface area contributed by atoms with Crippen molar-refractivity contribution in [1.82, 2.24) is 15.3 Å². The Morgan fingerprint density at radius 3 is 2.35 bits per heavy atom. The molecule has 1 atom stereocenters. The highest BCUT2D eigenvalue weighted by Gasteiger charge is 2.21. The lowest BCUT2D eigenvalue weighted by Crippen LogP contribution is -2.30. The van der Waals surface area contributed by atoms with Gasteiger partial charge in [-0.2, -0.15) is 10.6 Å². The fourth-order valence-electron chi connectivity index (χ4n) is 3.99. The molecule has 0 radical (unpaired) electrons. The van der Waals surface area contributed by atoms with Gasteiger partial charge in [0, 0.05) is 18.4 Å². The maximum absolute atomic E-state index is 13.5. The summed E-state index contributed by atoms with van der Waals surface area (Å²) in [6.45, 7) is 1.89. The van der Waals surface area contributed by atoms with Gasteiger partial charge in [0.1, 0.15) is 11.6 Å². The minimum atomic E-state index is -0.510. The molecule has 0 spiro atoms. The van der Waals surface area contributed by atoms with Crippen LogP contribution in [-0.4, -0.2) is 28.8 Å². The largest absolute Gasteiger partial charge is 0.497 e. The van der Waals surface area contributed by atoms with E-state index in [4.69, 9.17) is 9.57 Å². The molecule has 4 aromatic rings. The van der Waals surface area contributed by atoms with Crippen molar-refractivity contribution in [2.24, 2.45) is 0 Å². The van der Waals surface area contributed by atoms with Crippen molar-refractivity contribution in [2.75, 3.05) is 7.11 Å². The Balaban J connectivity index is 1.44. The van der Waals surface area contributed by atoms with Gasteiger partial charge in [0.25, 0.3) is 5.91 Å². The average molecular weight is 502 g/mol. The molecule has 3 aromatic carbocycles. The molecule has 0 saturated carbocycles. The van der Waals surface area contributed by atoms with Crippen LogP contribution in [0.1, 0.15) is 36.9 Å². The number of aromatic nitrogens is 2. The van der Waals surface area contributed by atoms with Crippen molar-refractivity contribution in [3.05, 3.63) is 102 Å². The molecular formula is C29H28FN3O4. The number of nitrogens with one attached hydrogen (secondary N) is 1. The van der Waals surface area contributed by atoms with Crippen molar-refractivity contribution in [3.63, 3.8) is 0 Å². The second kappa shape index (κ2) is 12.0. The second-order valence-electron chi connectivity index (χ2n) is 8.46. The molecule has 1 aromatic heterocycles. The summed E-state index contributed by atoms with van der Waals surface area (Å²) >= 11 is 0. The number of methoxy groups -OCH3 is 1. The summed E-state index contributed by atoms with van der Waals surface area (Å²) < 4.78 is 20.5. The minimum absolute atomic E-state index is 0.0674. The average Bonchev–Trinajstić information content (AvgIpc) is 3.36. The molecule has 37 heavy (non-hydrogen) atoms. The normalized spacial score (nSPS) is 11.5. The van der Waals surface area contributed by atoms with Crippen LogP contribution in [0.4, 0.5) is 4.39 Å². The lowest BCUT2D eigenvalue weighted by Gasteiger charge is -2.14. The van der Waals surface area contributed by atoms with Gasteiger partial charge in [-0.15, -0.1) is 0 Å². The van der Waals surface area contributed by atoms with Gasteiger partial charge in [-0.05, 0) is 66.6 Å². The summed E-state index contributed by atoms with van der Waals surface area (Å²) in [5, 5.41) is 4.68. The summed E-state index contributed by atoms with van der Waals surface area (Å²) in [5.74, 6) is -1.02. The van der Waals surface area contributed by atoms with Crippen molar-refractivity contribution < 1.29 is 23.6 Å². The van der Waals surface area contributed by atoms with Crippen LogP contribution in [0.2, 0.25) is 0 Å². The van der Waals surface area contributed by atoms with E-state index in [0.29, 0.717) is 24.3 Å². The van der Waals surface area contributed by atoms with Crippen molar-refractivity contribution in [3.8, 4) is 22.7 Å². The van der Waals surface area contributed by atoms with E-state index in [1.54, 1.807) is 23.9 Å². The zero-order valence-electron chi connectivity index (χ0n) is 20.7. The second-order valence-corrected chi connectivity index (χ2v) is 8.46. The number of amides is 1. The zero-order valence-corrected chi connectivity index (χ0v) is 20.7. The van der Waals surface area contributed by atoms with Crippen LogP contribution in [0.5, 0.6) is 5.75 Å². The van der Waals surface area contributed by atoms with E-state index in [0.717, 1.165) is 22.5 Å². The van der Waals surface area contributed by atoms with Gasteiger partial charge in [-0.1, -0.05) is 37.3 Å². The van der Waals surface area contributed by atoms with Crippen molar-refractivity contribution >= 4 is 11.9 Å². The Morgan fingerprint density at radius 1 is 1.00 bits per heavy atom. The van der Waals surface area contributed by atoms with Gasteiger partial charge in [0.2, 0.25) is 0 Å². The standard InChI is InChI=1S/C29H28FN3O4/c1-3-26(20-7-5-4-6-8-20)29(35)37-32-28(34)18-13-23-19-27(21-9-11-22(30)12-10-21)33(31-23)24-14-16-25(36-2)17-15-24/h4-12,14-17,19,26H,3,13,18H2,1-2H3,(H,32,34)/t26-/m1/s1. The number of ether oxygens (including phenoxy) is 1. The Morgan fingerprint density at radius 2 is 1.70 bits per heavy atom. The summed E-state index contributed by atoms with van der Waals surface area (Å²) in [6, 6.07) is 24.7. The number of aryl methyl sites for hydroxylation is 1. The Labute approximate surface area is 214 Å². The molecule has 0 bridgehead atoms. The predicted octanol–water partition coefficient (Wildman–Crippen LogP) is 5.39. The molecule has 0 unspecified atom stereocenters. The van der Waals surface area contributed by atoms with E-state index in [9.17, 15) is 14.0 Å². The maximum atomic E-state index is 13.5. The fraction of sp³-hybridized carbons (Fsp3) is 0.207. The fourth-order valence-corrected chi connectivity index (χ4v) is 3.99. The third kappa shape index (κ3) is 6.41. The molecule has 0 aliphatic rings. The third-order valence-electron chi connectivity index (χ3n) is 5.99. The Bertz CT molecular complexity index is 1340. The lowest BCUT2D eigenvalue weighted by molar-refractivity contribution is -0.159. The summed E-state index contributed by atoms with van der Waals surface area (Å²) in [6.07, 6.45) is 0.933. The minimum Gasteiger partial charge on any atom is -0.497 e. The van der Waals surface area contributed by atoms with E-state index in [2.05, 4.69) is 10.6 Å². The number of rotatable bonds is 9. The first-order valence-corrected chi connectivity index (χ1v) is 12.0. The molecule has 0 aliphatic carbocycles. The van der Waals surface area contributed by atoms with Gasteiger partial charge in [-0.3, -0.25) is 4.79 Å². The number of halogens is 1. The first kappa shape index (κ1) is 25.6. The number of hydroxylamine groups is 1. The van der Waals surface area contributed by atoms with Gasteiger partial charge < -0.3 is 9.57 Å². The maximum Gasteiger partial charge on any atom is 0.339 e. The zero-order chi connectivity index (χ0) is 26.2.